The van der Waals surface area contributed by atoms with Gasteiger partial charge in [-0.2, -0.15) is 0 Å². The number of nitrogens with zero attached hydrogens (tertiary/aromatic N) is 2. The normalized spacial score (nSPS) is 19.7. The molecule has 1 atom stereocenters. The van der Waals surface area contributed by atoms with Crippen molar-refractivity contribution >= 4 is 23.5 Å². The summed E-state index contributed by atoms with van der Waals surface area (Å²) in [7, 11) is 1.62. The van der Waals surface area contributed by atoms with Crippen LogP contribution in [-0.4, -0.2) is 47.2 Å². The largest absolute Gasteiger partial charge is 0.497 e. The van der Waals surface area contributed by atoms with E-state index in [0.29, 0.717) is 29.4 Å². The van der Waals surface area contributed by atoms with E-state index < -0.39 is 0 Å². The molecular weight excluding hydrogens is 372 g/mol. The standard InChI is InChI=1S/C18H20N2O4S2/c1-11-9-14-16(26-11)17(21)20(12-3-5-13(22-2)6-4-12)18(19-14)25-10-15-23-7-8-24-15/h3-6,11,15H,7-10H2,1-2H3. The molecule has 0 N–H and O–H groups in total. The van der Waals surface area contributed by atoms with Crippen LogP contribution in [0.3, 0.4) is 0 Å². The van der Waals surface area contributed by atoms with Gasteiger partial charge in [0.15, 0.2) is 11.4 Å². The van der Waals surface area contributed by atoms with Gasteiger partial charge in [0.05, 0.1) is 42.4 Å². The molecule has 1 saturated heterocycles. The highest BCUT2D eigenvalue weighted by Gasteiger charge is 2.27. The highest BCUT2D eigenvalue weighted by molar-refractivity contribution is 8.00. The van der Waals surface area contributed by atoms with E-state index in [1.165, 1.54) is 11.8 Å². The molecule has 0 aliphatic carbocycles. The Balaban J connectivity index is 1.73. The van der Waals surface area contributed by atoms with Crippen LogP contribution >= 0.6 is 23.5 Å². The number of hydrogen-bond donors (Lipinski definition) is 0. The van der Waals surface area contributed by atoms with Gasteiger partial charge >= 0.3 is 0 Å². The van der Waals surface area contributed by atoms with Crippen molar-refractivity contribution < 1.29 is 14.2 Å². The molecule has 4 rings (SSSR count). The van der Waals surface area contributed by atoms with E-state index >= 15 is 0 Å². The van der Waals surface area contributed by atoms with Crippen LogP contribution in [0.2, 0.25) is 0 Å². The summed E-state index contributed by atoms with van der Waals surface area (Å²) in [6.07, 6.45) is 0.575. The average Bonchev–Trinajstić information content (AvgIpc) is 3.29. The Hall–Kier alpha value is -1.48. The summed E-state index contributed by atoms with van der Waals surface area (Å²) in [5.74, 6) is 1.35. The Kier molecular flexibility index (Phi) is 5.26. The summed E-state index contributed by atoms with van der Waals surface area (Å²) >= 11 is 3.10. The van der Waals surface area contributed by atoms with E-state index in [-0.39, 0.29) is 11.8 Å². The van der Waals surface area contributed by atoms with Crippen LogP contribution in [0.4, 0.5) is 0 Å². The van der Waals surface area contributed by atoms with Crippen molar-refractivity contribution in [3.05, 3.63) is 40.3 Å². The molecule has 1 fully saturated rings. The minimum absolute atomic E-state index is 0.00900. The highest BCUT2D eigenvalue weighted by Crippen LogP contribution is 2.35. The zero-order valence-electron chi connectivity index (χ0n) is 14.6. The molecule has 2 aliphatic rings. The van der Waals surface area contributed by atoms with E-state index in [1.54, 1.807) is 23.4 Å². The average molecular weight is 393 g/mol. The van der Waals surface area contributed by atoms with Gasteiger partial charge in [-0.3, -0.25) is 9.36 Å². The monoisotopic (exact) mass is 392 g/mol. The second-order valence-electron chi connectivity index (χ2n) is 6.12. The molecule has 2 aliphatic heterocycles. The fraction of sp³-hybridized carbons (Fsp3) is 0.444. The number of ether oxygens (including phenoxy) is 3. The molecule has 6 nitrogen and oxygen atoms in total. The number of methoxy groups -OCH3 is 1. The topological polar surface area (TPSA) is 62.6 Å². The predicted molar refractivity (Wildman–Crippen MR) is 102 cm³/mol. The molecule has 0 bridgehead atoms. The molecule has 3 heterocycles. The van der Waals surface area contributed by atoms with E-state index in [9.17, 15) is 4.79 Å². The number of aromatic nitrogens is 2. The van der Waals surface area contributed by atoms with Crippen LogP contribution in [0, 0.1) is 0 Å². The molecule has 0 amide bonds. The maximum atomic E-state index is 13.2. The summed E-state index contributed by atoms with van der Waals surface area (Å²) in [5.41, 5.74) is 1.67. The lowest BCUT2D eigenvalue weighted by Gasteiger charge is -2.15. The van der Waals surface area contributed by atoms with Crippen molar-refractivity contribution in [1.82, 2.24) is 9.55 Å². The maximum Gasteiger partial charge on any atom is 0.272 e. The number of benzene rings is 1. The Bertz CT molecular complexity index is 848. The smallest absolute Gasteiger partial charge is 0.272 e. The molecule has 1 aromatic heterocycles. The third-order valence-corrected chi connectivity index (χ3v) is 6.44. The minimum Gasteiger partial charge on any atom is -0.497 e. The van der Waals surface area contributed by atoms with Crippen LogP contribution < -0.4 is 10.3 Å². The minimum atomic E-state index is -0.247. The molecule has 26 heavy (non-hydrogen) atoms. The van der Waals surface area contributed by atoms with Gasteiger partial charge in [0.1, 0.15) is 5.75 Å². The van der Waals surface area contributed by atoms with E-state index in [4.69, 9.17) is 19.2 Å². The van der Waals surface area contributed by atoms with E-state index in [1.807, 2.05) is 24.3 Å². The number of thioether (sulfide) groups is 2. The van der Waals surface area contributed by atoms with Crippen LogP contribution in [0.25, 0.3) is 5.69 Å². The molecule has 0 saturated carbocycles. The summed E-state index contributed by atoms with van der Waals surface area (Å²) in [5, 5.41) is 1.05. The van der Waals surface area contributed by atoms with Crippen molar-refractivity contribution in [2.24, 2.45) is 0 Å². The molecule has 8 heteroatoms. The first kappa shape index (κ1) is 17.9. The van der Waals surface area contributed by atoms with Gasteiger partial charge in [-0.25, -0.2) is 4.98 Å². The van der Waals surface area contributed by atoms with Gasteiger partial charge in [-0.05, 0) is 24.3 Å². The molecule has 2 aromatic rings. The van der Waals surface area contributed by atoms with Crippen LogP contribution in [0.15, 0.2) is 39.1 Å². The lowest BCUT2D eigenvalue weighted by Crippen LogP contribution is -2.24. The predicted octanol–water partition coefficient (Wildman–Crippen LogP) is 2.74. The van der Waals surface area contributed by atoms with Crippen LogP contribution in [0.5, 0.6) is 5.75 Å². The first-order valence-corrected chi connectivity index (χ1v) is 10.3. The van der Waals surface area contributed by atoms with Gasteiger partial charge in [-0.1, -0.05) is 18.7 Å². The van der Waals surface area contributed by atoms with Crippen LogP contribution in [0.1, 0.15) is 12.6 Å². The maximum absolute atomic E-state index is 13.2. The molecule has 0 spiro atoms. The number of fused-ring (bicyclic) bond motifs is 1. The molecular formula is C18H20N2O4S2. The van der Waals surface area contributed by atoms with Gasteiger partial charge in [-0.15, -0.1) is 11.8 Å². The Morgan fingerprint density at radius 1 is 1.31 bits per heavy atom. The van der Waals surface area contributed by atoms with Gasteiger partial charge in [0, 0.05) is 11.7 Å². The Morgan fingerprint density at radius 2 is 2.04 bits per heavy atom. The summed E-state index contributed by atoms with van der Waals surface area (Å²) < 4.78 is 17.9. The third-order valence-electron chi connectivity index (χ3n) is 4.25. The zero-order valence-corrected chi connectivity index (χ0v) is 16.3. The highest BCUT2D eigenvalue weighted by atomic mass is 32.2. The lowest BCUT2D eigenvalue weighted by molar-refractivity contribution is -0.0215. The molecule has 0 radical (unpaired) electrons. The zero-order chi connectivity index (χ0) is 18.1. The summed E-state index contributed by atoms with van der Waals surface area (Å²) in [6, 6.07) is 7.46. The van der Waals surface area contributed by atoms with Crippen molar-refractivity contribution in [3.8, 4) is 11.4 Å². The van der Waals surface area contributed by atoms with Crippen molar-refractivity contribution in [2.75, 3.05) is 26.1 Å². The fourth-order valence-electron chi connectivity index (χ4n) is 3.00. The van der Waals surface area contributed by atoms with Gasteiger partial charge in [0.2, 0.25) is 0 Å². The first-order chi connectivity index (χ1) is 12.7. The molecule has 1 unspecified atom stereocenters. The van der Waals surface area contributed by atoms with Crippen molar-refractivity contribution in [3.63, 3.8) is 0 Å². The molecule has 1 aromatic carbocycles. The molecule has 138 valence electrons. The number of hydrogen-bond acceptors (Lipinski definition) is 7. The first-order valence-electron chi connectivity index (χ1n) is 8.48. The SMILES string of the molecule is COc1ccc(-n2c(SCC3OCCO3)nc3c(c2=O)SC(C)C3)cc1. The van der Waals surface area contributed by atoms with E-state index in [0.717, 1.165) is 28.4 Å². The second-order valence-corrected chi connectivity index (χ2v) is 8.56. The van der Waals surface area contributed by atoms with Crippen LogP contribution in [-0.2, 0) is 15.9 Å². The summed E-state index contributed by atoms with van der Waals surface area (Å²) in [4.78, 5) is 18.7. The quantitative estimate of drug-likeness (QED) is 0.573. The fourth-order valence-corrected chi connectivity index (χ4v) is 5.07. The Labute approximate surface area is 160 Å². The summed E-state index contributed by atoms with van der Waals surface area (Å²) in [6.45, 7) is 3.35. The second kappa shape index (κ2) is 7.64. The lowest BCUT2D eigenvalue weighted by atomic mass is 10.2. The third kappa shape index (κ3) is 3.51. The van der Waals surface area contributed by atoms with Crippen molar-refractivity contribution in [2.45, 2.75) is 34.9 Å². The van der Waals surface area contributed by atoms with E-state index in [2.05, 4.69) is 6.92 Å². The number of rotatable bonds is 5. The Morgan fingerprint density at radius 3 is 2.73 bits per heavy atom. The van der Waals surface area contributed by atoms with Gasteiger partial charge in [0.25, 0.3) is 5.56 Å². The van der Waals surface area contributed by atoms with Gasteiger partial charge < -0.3 is 14.2 Å². The van der Waals surface area contributed by atoms with Crippen molar-refractivity contribution in [1.29, 1.82) is 0 Å².